The van der Waals surface area contributed by atoms with Crippen molar-refractivity contribution in [3.05, 3.63) is 35.6 Å². The molecule has 1 aromatic rings. The minimum absolute atomic E-state index is 0.0118. The standard InChI is InChI=1S/C21H27F4N3O5S/c1-3-15(17(29)20(31)26-14-8-9-14)28-19(30)16(10-11-34(2,32)33)27-18(21(23,24)25)12-4-6-13(22)7-5-12/h4-7,14-16,18,27H,3,8-11H2,1-2H3,(H,26,31)(H,28,30)/t15-,16-,18-/m0/s1. The third-order valence-electron chi connectivity index (χ3n) is 5.17. The zero-order valence-corrected chi connectivity index (χ0v) is 19.4. The average molecular weight is 510 g/mol. The van der Waals surface area contributed by atoms with Gasteiger partial charge in [0.1, 0.15) is 21.7 Å². The van der Waals surface area contributed by atoms with Crippen LogP contribution in [0.25, 0.3) is 0 Å². The summed E-state index contributed by atoms with van der Waals surface area (Å²) in [6, 6.07) is -2.07. The van der Waals surface area contributed by atoms with Crippen molar-refractivity contribution < 1.29 is 40.4 Å². The van der Waals surface area contributed by atoms with E-state index in [0.29, 0.717) is 0 Å². The number of halogens is 4. The Morgan fingerprint density at radius 1 is 1.09 bits per heavy atom. The molecule has 1 fully saturated rings. The zero-order chi connectivity index (χ0) is 25.7. The van der Waals surface area contributed by atoms with Crippen molar-refractivity contribution in [2.24, 2.45) is 0 Å². The Kier molecular flexibility index (Phi) is 9.17. The predicted octanol–water partition coefficient (Wildman–Crippen LogP) is 1.56. The SMILES string of the molecule is CC[C@H](NC(=O)[C@H](CCS(C)(=O)=O)N[C@@H](c1ccc(F)cc1)C(F)(F)F)C(=O)C(=O)NC1CC1. The maximum absolute atomic E-state index is 13.8. The van der Waals surface area contributed by atoms with Crippen LogP contribution in [0.4, 0.5) is 17.6 Å². The summed E-state index contributed by atoms with van der Waals surface area (Å²) in [5, 5.41) is 6.85. The summed E-state index contributed by atoms with van der Waals surface area (Å²) in [7, 11) is -3.65. The van der Waals surface area contributed by atoms with Crippen LogP contribution in [-0.4, -0.2) is 62.3 Å². The van der Waals surface area contributed by atoms with Gasteiger partial charge in [-0.15, -0.1) is 0 Å². The third kappa shape index (κ3) is 8.67. The van der Waals surface area contributed by atoms with Gasteiger partial charge < -0.3 is 10.6 Å². The van der Waals surface area contributed by atoms with E-state index in [1.165, 1.54) is 6.92 Å². The molecular weight excluding hydrogens is 482 g/mol. The number of alkyl halides is 3. The molecular formula is C21H27F4N3O5S. The molecule has 0 bridgehead atoms. The molecule has 34 heavy (non-hydrogen) atoms. The van der Waals surface area contributed by atoms with E-state index in [2.05, 4.69) is 16.0 Å². The van der Waals surface area contributed by atoms with Crippen molar-refractivity contribution in [2.75, 3.05) is 12.0 Å². The zero-order valence-electron chi connectivity index (χ0n) is 18.6. The molecule has 0 spiro atoms. The topological polar surface area (TPSA) is 121 Å². The van der Waals surface area contributed by atoms with E-state index < -0.39 is 75.3 Å². The van der Waals surface area contributed by atoms with Crippen LogP contribution in [0, 0.1) is 5.82 Å². The lowest BCUT2D eigenvalue weighted by Gasteiger charge is -2.28. The Balaban J connectivity index is 2.24. The Bertz CT molecular complexity index is 995. The quantitative estimate of drug-likeness (QED) is 0.291. The number of amides is 2. The first-order valence-electron chi connectivity index (χ1n) is 10.6. The molecule has 1 aromatic carbocycles. The van der Waals surface area contributed by atoms with Gasteiger partial charge in [0.2, 0.25) is 11.7 Å². The fourth-order valence-electron chi connectivity index (χ4n) is 3.13. The number of carbonyl (C=O) groups is 3. The molecule has 0 saturated heterocycles. The number of ketones is 1. The molecule has 1 aliphatic rings. The predicted molar refractivity (Wildman–Crippen MR) is 115 cm³/mol. The molecule has 0 heterocycles. The van der Waals surface area contributed by atoms with E-state index in [0.717, 1.165) is 43.4 Å². The Morgan fingerprint density at radius 2 is 1.68 bits per heavy atom. The van der Waals surface area contributed by atoms with Crippen molar-refractivity contribution >= 4 is 27.4 Å². The van der Waals surface area contributed by atoms with Crippen molar-refractivity contribution in [2.45, 2.75) is 63.0 Å². The molecule has 0 unspecified atom stereocenters. The van der Waals surface area contributed by atoms with Gasteiger partial charge in [-0.2, -0.15) is 13.2 Å². The first kappa shape index (κ1) is 27.7. The van der Waals surface area contributed by atoms with E-state index in [1.54, 1.807) is 0 Å². The van der Waals surface area contributed by atoms with Crippen LogP contribution in [0.1, 0.15) is 44.2 Å². The molecule has 13 heteroatoms. The van der Waals surface area contributed by atoms with Crippen molar-refractivity contribution in [3.8, 4) is 0 Å². The van der Waals surface area contributed by atoms with Gasteiger partial charge in [0.25, 0.3) is 5.91 Å². The van der Waals surface area contributed by atoms with Crippen LogP contribution in [0.5, 0.6) is 0 Å². The first-order valence-corrected chi connectivity index (χ1v) is 12.7. The molecule has 1 aliphatic carbocycles. The van der Waals surface area contributed by atoms with Crippen LogP contribution in [0.3, 0.4) is 0 Å². The summed E-state index contributed by atoms with van der Waals surface area (Å²) in [6.07, 6.45) is -3.14. The van der Waals surface area contributed by atoms with Crippen molar-refractivity contribution in [1.82, 2.24) is 16.0 Å². The summed E-state index contributed by atoms with van der Waals surface area (Å²) in [4.78, 5) is 37.3. The van der Waals surface area contributed by atoms with E-state index >= 15 is 0 Å². The number of benzene rings is 1. The fourth-order valence-corrected chi connectivity index (χ4v) is 3.79. The molecule has 8 nitrogen and oxygen atoms in total. The lowest BCUT2D eigenvalue weighted by atomic mass is 10.0. The molecule has 2 amide bonds. The van der Waals surface area contributed by atoms with E-state index in [9.17, 15) is 40.4 Å². The monoisotopic (exact) mass is 509 g/mol. The Hall–Kier alpha value is -2.54. The normalized spacial score (nSPS) is 16.9. The highest BCUT2D eigenvalue weighted by molar-refractivity contribution is 7.90. The van der Waals surface area contributed by atoms with Gasteiger partial charge in [0, 0.05) is 12.3 Å². The van der Waals surface area contributed by atoms with Gasteiger partial charge in [0.05, 0.1) is 17.8 Å². The maximum atomic E-state index is 13.8. The summed E-state index contributed by atoms with van der Waals surface area (Å²) < 4.78 is 77.7. The van der Waals surface area contributed by atoms with Crippen molar-refractivity contribution in [1.29, 1.82) is 0 Å². The van der Waals surface area contributed by atoms with E-state index in [4.69, 9.17) is 0 Å². The van der Waals surface area contributed by atoms with Crippen molar-refractivity contribution in [3.63, 3.8) is 0 Å². The van der Waals surface area contributed by atoms with Gasteiger partial charge in [0.15, 0.2) is 0 Å². The van der Waals surface area contributed by atoms with Crippen LogP contribution in [0.2, 0.25) is 0 Å². The summed E-state index contributed by atoms with van der Waals surface area (Å²) in [5.41, 5.74) is -0.391. The highest BCUT2D eigenvalue weighted by atomic mass is 32.2. The molecule has 0 aromatic heterocycles. The van der Waals surface area contributed by atoms with Gasteiger partial charge >= 0.3 is 6.18 Å². The number of hydrogen-bond donors (Lipinski definition) is 3. The molecule has 190 valence electrons. The highest BCUT2D eigenvalue weighted by Crippen LogP contribution is 2.33. The number of carbonyl (C=O) groups excluding carboxylic acids is 3. The average Bonchev–Trinajstić information content (AvgIpc) is 3.54. The van der Waals surface area contributed by atoms with Gasteiger partial charge in [-0.25, -0.2) is 12.8 Å². The Labute approximate surface area is 194 Å². The summed E-state index contributed by atoms with van der Waals surface area (Å²) in [6.45, 7) is 1.50. The van der Waals surface area contributed by atoms with Crippen LogP contribution in [0.15, 0.2) is 24.3 Å². The Morgan fingerprint density at radius 3 is 2.15 bits per heavy atom. The second kappa shape index (κ2) is 11.3. The van der Waals surface area contributed by atoms with Gasteiger partial charge in [-0.3, -0.25) is 19.7 Å². The lowest BCUT2D eigenvalue weighted by molar-refractivity contribution is -0.161. The van der Waals surface area contributed by atoms with Crippen LogP contribution in [-0.2, 0) is 24.2 Å². The largest absolute Gasteiger partial charge is 0.407 e. The minimum atomic E-state index is -4.91. The first-order chi connectivity index (χ1) is 15.7. The molecule has 3 atom stereocenters. The molecule has 0 aliphatic heterocycles. The number of nitrogens with one attached hydrogen (secondary N) is 3. The fraction of sp³-hybridized carbons (Fsp3) is 0.571. The lowest BCUT2D eigenvalue weighted by Crippen LogP contribution is -2.55. The minimum Gasteiger partial charge on any atom is -0.347 e. The number of hydrogen-bond acceptors (Lipinski definition) is 6. The van der Waals surface area contributed by atoms with Crippen LogP contribution < -0.4 is 16.0 Å². The van der Waals surface area contributed by atoms with Gasteiger partial charge in [-0.05, 0) is 43.4 Å². The smallest absolute Gasteiger partial charge is 0.347 e. The number of rotatable bonds is 12. The van der Waals surface area contributed by atoms with E-state index in [-0.39, 0.29) is 12.5 Å². The van der Waals surface area contributed by atoms with Crippen LogP contribution >= 0.6 is 0 Å². The highest BCUT2D eigenvalue weighted by Gasteiger charge is 2.43. The third-order valence-corrected chi connectivity index (χ3v) is 6.15. The summed E-state index contributed by atoms with van der Waals surface area (Å²) >= 11 is 0. The number of Topliss-reactive ketones (excluding diaryl/α,β-unsaturated/α-hetero) is 1. The number of sulfone groups is 1. The van der Waals surface area contributed by atoms with E-state index in [1.807, 2.05) is 0 Å². The molecule has 0 radical (unpaired) electrons. The van der Waals surface area contributed by atoms with Gasteiger partial charge in [-0.1, -0.05) is 19.1 Å². The molecule has 2 rings (SSSR count). The maximum Gasteiger partial charge on any atom is 0.407 e. The second-order valence-corrected chi connectivity index (χ2v) is 10.5. The molecule has 3 N–H and O–H groups in total. The summed E-state index contributed by atoms with van der Waals surface area (Å²) in [5.74, 6) is -4.30. The molecule has 1 saturated carbocycles. The second-order valence-electron chi connectivity index (χ2n) is 8.25.